The summed E-state index contributed by atoms with van der Waals surface area (Å²) >= 11 is 0. The average Bonchev–Trinajstić information content (AvgIpc) is 3.25. The molecule has 3 heterocycles. The van der Waals surface area contributed by atoms with Gasteiger partial charge in [0.15, 0.2) is 0 Å². The number of hydrogen-bond donors (Lipinski definition) is 1. The van der Waals surface area contributed by atoms with Gasteiger partial charge in [-0.1, -0.05) is 6.07 Å². The number of likely N-dealkylation sites (tertiary alicyclic amines) is 1. The number of aromatic nitrogens is 1. The Balaban J connectivity index is 1.37. The van der Waals surface area contributed by atoms with Gasteiger partial charge in [0.05, 0.1) is 6.10 Å². The molecule has 132 valence electrons. The molecular weight excluding hydrogens is 304 g/mol. The second kappa shape index (κ2) is 8.44. The van der Waals surface area contributed by atoms with Crippen molar-refractivity contribution in [3.8, 4) is 0 Å². The molecule has 2 fully saturated rings. The molecule has 0 unspecified atom stereocenters. The molecule has 3 rings (SSSR count). The number of pyridine rings is 1. The van der Waals surface area contributed by atoms with Crippen LogP contribution in [0.4, 0.5) is 4.79 Å². The molecule has 6 heteroatoms. The van der Waals surface area contributed by atoms with E-state index in [1.807, 2.05) is 17.2 Å². The summed E-state index contributed by atoms with van der Waals surface area (Å²) in [6.45, 7) is 5.06. The van der Waals surface area contributed by atoms with Crippen molar-refractivity contribution >= 4 is 6.03 Å². The van der Waals surface area contributed by atoms with E-state index < -0.39 is 0 Å². The number of urea groups is 1. The van der Waals surface area contributed by atoms with Gasteiger partial charge < -0.3 is 19.9 Å². The maximum Gasteiger partial charge on any atom is 0.317 e. The minimum absolute atomic E-state index is 0.0583. The van der Waals surface area contributed by atoms with E-state index in [1.165, 1.54) is 5.56 Å². The minimum Gasteiger partial charge on any atom is -0.376 e. The Hall–Kier alpha value is -1.66. The van der Waals surface area contributed by atoms with Crippen LogP contribution in [-0.4, -0.2) is 66.8 Å². The quantitative estimate of drug-likeness (QED) is 0.862. The average molecular weight is 332 g/mol. The highest BCUT2D eigenvalue weighted by Gasteiger charge is 2.27. The van der Waals surface area contributed by atoms with Gasteiger partial charge in [-0.15, -0.1) is 0 Å². The topological polar surface area (TPSA) is 57.7 Å². The fourth-order valence-corrected chi connectivity index (χ4v) is 3.59. The van der Waals surface area contributed by atoms with Crippen molar-refractivity contribution in [3.63, 3.8) is 0 Å². The second-order valence-electron chi connectivity index (χ2n) is 6.98. The zero-order chi connectivity index (χ0) is 16.8. The van der Waals surface area contributed by atoms with Crippen LogP contribution in [0.5, 0.6) is 0 Å². The molecule has 2 aliphatic heterocycles. The lowest BCUT2D eigenvalue weighted by molar-refractivity contribution is 0.109. The fraction of sp³-hybridized carbons (Fsp3) is 0.667. The van der Waals surface area contributed by atoms with E-state index in [2.05, 4.69) is 28.3 Å². The Labute approximate surface area is 144 Å². The van der Waals surface area contributed by atoms with Gasteiger partial charge in [0.2, 0.25) is 0 Å². The predicted molar refractivity (Wildman–Crippen MR) is 92.6 cm³/mol. The van der Waals surface area contributed by atoms with Crippen LogP contribution in [-0.2, 0) is 11.3 Å². The van der Waals surface area contributed by atoms with Crippen molar-refractivity contribution in [2.24, 2.45) is 5.92 Å². The van der Waals surface area contributed by atoms with Crippen LogP contribution in [0.25, 0.3) is 0 Å². The molecule has 1 aromatic rings. The molecule has 2 atom stereocenters. The lowest BCUT2D eigenvalue weighted by Gasteiger charge is -2.22. The van der Waals surface area contributed by atoms with Gasteiger partial charge in [-0.05, 0) is 43.9 Å². The van der Waals surface area contributed by atoms with E-state index in [1.54, 1.807) is 6.20 Å². The Bertz CT molecular complexity index is 519. The first-order chi connectivity index (χ1) is 11.7. The van der Waals surface area contributed by atoms with Crippen LogP contribution < -0.4 is 5.32 Å². The summed E-state index contributed by atoms with van der Waals surface area (Å²) in [5.41, 5.74) is 1.23. The van der Waals surface area contributed by atoms with E-state index in [0.29, 0.717) is 12.5 Å². The number of nitrogens with zero attached hydrogens (tertiary/aromatic N) is 3. The molecule has 1 N–H and O–H groups in total. The first kappa shape index (κ1) is 17.2. The maximum atomic E-state index is 12.3. The highest BCUT2D eigenvalue weighted by atomic mass is 16.5. The number of ether oxygens (including phenoxy) is 1. The normalized spacial score (nSPS) is 23.8. The van der Waals surface area contributed by atoms with Crippen molar-refractivity contribution in [2.45, 2.75) is 31.9 Å². The molecule has 2 amide bonds. The minimum atomic E-state index is 0.0583. The van der Waals surface area contributed by atoms with E-state index in [-0.39, 0.29) is 12.1 Å². The zero-order valence-electron chi connectivity index (χ0n) is 14.5. The third kappa shape index (κ3) is 4.92. The van der Waals surface area contributed by atoms with E-state index >= 15 is 0 Å². The van der Waals surface area contributed by atoms with Crippen LogP contribution in [0.3, 0.4) is 0 Å². The van der Waals surface area contributed by atoms with E-state index in [0.717, 1.165) is 52.0 Å². The zero-order valence-corrected chi connectivity index (χ0v) is 14.5. The monoisotopic (exact) mass is 332 g/mol. The number of amides is 2. The summed E-state index contributed by atoms with van der Waals surface area (Å²) < 4.78 is 5.55. The summed E-state index contributed by atoms with van der Waals surface area (Å²) in [6.07, 6.45) is 7.16. The molecular formula is C18H28N4O2. The van der Waals surface area contributed by atoms with Crippen LogP contribution in [0.1, 0.15) is 24.8 Å². The second-order valence-corrected chi connectivity index (χ2v) is 6.98. The molecule has 0 radical (unpaired) electrons. The summed E-state index contributed by atoms with van der Waals surface area (Å²) in [4.78, 5) is 20.7. The maximum absolute atomic E-state index is 12.3. The number of carbonyl (C=O) groups is 1. The highest BCUT2D eigenvalue weighted by Crippen LogP contribution is 2.18. The molecule has 0 bridgehead atoms. The molecule has 2 saturated heterocycles. The van der Waals surface area contributed by atoms with Crippen LogP contribution in [0.2, 0.25) is 0 Å². The Morgan fingerprint density at radius 2 is 2.42 bits per heavy atom. The standard InChI is InChI=1S/C18H28N4O2/c1-21(12-15-4-2-7-19-10-15)13-16-6-8-22(14-16)18(23)20-11-17-5-3-9-24-17/h2,4,7,10,16-17H,3,5-6,8-9,11-14H2,1H3,(H,20,23)/t16-,17-/m0/s1. The summed E-state index contributed by atoms with van der Waals surface area (Å²) in [6, 6.07) is 4.13. The summed E-state index contributed by atoms with van der Waals surface area (Å²) in [5.74, 6) is 0.542. The summed E-state index contributed by atoms with van der Waals surface area (Å²) in [7, 11) is 2.13. The van der Waals surface area contributed by atoms with Gasteiger partial charge in [0, 0.05) is 51.7 Å². The van der Waals surface area contributed by atoms with Crippen molar-refractivity contribution in [1.82, 2.24) is 20.1 Å². The van der Waals surface area contributed by atoms with Crippen molar-refractivity contribution in [1.29, 1.82) is 0 Å². The molecule has 0 spiro atoms. The van der Waals surface area contributed by atoms with E-state index in [9.17, 15) is 4.79 Å². The highest BCUT2D eigenvalue weighted by molar-refractivity contribution is 5.74. The number of rotatable bonds is 6. The molecule has 6 nitrogen and oxygen atoms in total. The van der Waals surface area contributed by atoms with Gasteiger partial charge >= 0.3 is 6.03 Å². The molecule has 1 aromatic heterocycles. The number of carbonyl (C=O) groups excluding carboxylic acids is 1. The first-order valence-electron chi connectivity index (χ1n) is 8.92. The van der Waals surface area contributed by atoms with Crippen LogP contribution in [0, 0.1) is 5.92 Å². The molecule has 0 aromatic carbocycles. The van der Waals surface area contributed by atoms with Gasteiger partial charge in [0.1, 0.15) is 0 Å². The number of hydrogen-bond acceptors (Lipinski definition) is 4. The van der Waals surface area contributed by atoms with Crippen molar-refractivity contribution in [2.75, 3.05) is 39.8 Å². The van der Waals surface area contributed by atoms with Gasteiger partial charge in [-0.3, -0.25) is 4.98 Å². The van der Waals surface area contributed by atoms with Crippen LogP contribution in [0.15, 0.2) is 24.5 Å². The van der Waals surface area contributed by atoms with Gasteiger partial charge in [0.25, 0.3) is 0 Å². The number of nitrogens with one attached hydrogen (secondary N) is 1. The third-order valence-electron chi connectivity index (χ3n) is 4.82. The smallest absolute Gasteiger partial charge is 0.317 e. The van der Waals surface area contributed by atoms with Gasteiger partial charge in [-0.2, -0.15) is 0 Å². The predicted octanol–water partition coefficient (Wildman–Crippen LogP) is 1.72. The lowest BCUT2D eigenvalue weighted by atomic mass is 10.1. The molecule has 2 aliphatic rings. The SMILES string of the molecule is CN(Cc1cccnc1)C[C@@H]1CCN(C(=O)NC[C@@H]2CCCO2)C1. The fourth-order valence-electron chi connectivity index (χ4n) is 3.59. The molecule has 0 aliphatic carbocycles. The van der Waals surface area contributed by atoms with Crippen molar-refractivity contribution in [3.05, 3.63) is 30.1 Å². The molecule has 0 saturated carbocycles. The Kier molecular flexibility index (Phi) is 6.04. The molecule has 24 heavy (non-hydrogen) atoms. The van der Waals surface area contributed by atoms with Crippen LogP contribution >= 0.6 is 0 Å². The van der Waals surface area contributed by atoms with Gasteiger partial charge in [-0.25, -0.2) is 4.79 Å². The lowest BCUT2D eigenvalue weighted by Crippen LogP contribution is -2.42. The third-order valence-corrected chi connectivity index (χ3v) is 4.82. The Morgan fingerprint density at radius 3 is 3.17 bits per heavy atom. The first-order valence-corrected chi connectivity index (χ1v) is 8.92. The Morgan fingerprint density at radius 1 is 1.50 bits per heavy atom. The summed E-state index contributed by atoms with van der Waals surface area (Å²) in [5, 5.41) is 3.02. The largest absolute Gasteiger partial charge is 0.376 e. The van der Waals surface area contributed by atoms with Crippen molar-refractivity contribution < 1.29 is 9.53 Å². The van der Waals surface area contributed by atoms with E-state index in [4.69, 9.17) is 4.74 Å².